The van der Waals surface area contributed by atoms with E-state index in [1.54, 1.807) is 0 Å². The number of benzene rings is 1. The molecule has 1 aromatic carbocycles. The maximum absolute atomic E-state index is 11.7. The molecule has 20 heavy (non-hydrogen) atoms. The average molecular weight is 276 g/mol. The van der Waals surface area contributed by atoms with Gasteiger partial charge in [-0.3, -0.25) is 4.79 Å². The third kappa shape index (κ3) is 4.97. The molecule has 0 N–H and O–H groups in total. The third-order valence-electron chi connectivity index (χ3n) is 3.75. The van der Waals surface area contributed by atoms with E-state index in [2.05, 4.69) is 31.2 Å². The normalized spacial score (nSPS) is 18.8. The van der Waals surface area contributed by atoms with E-state index in [0.29, 0.717) is 13.0 Å². The van der Waals surface area contributed by atoms with Crippen molar-refractivity contribution in [3.05, 3.63) is 35.4 Å². The quantitative estimate of drug-likeness (QED) is 0.748. The number of hydrogen-bond donors (Lipinski definition) is 0. The van der Waals surface area contributed by atoms with Crippen LogP contribution in [-0.4, -0.2) is 25.3 Å². The van der Waals surface area contributed by atoms with Crippen LogP contribution in [-0.2, 0) is 27.1 Å². The predicted octanol–water partition coefficient (Wildman–Crippen LogP) is 3.29. The Hall–Kier alpha value is -1.35. The first-order chi connectivity index (χ1) is 9.78. The van der Waals surface area contributed by atoms with Gasteiger partial charge in [0.1, 0.15) is 6.61 Å². The summed E-state index contributed by atoms with van der Waals surface area (Å²) in [4.78, 5) is 11.7. The average Bonchev–Trinajstić information content (AvgIpc) is 2.52. The minimum Gasteiger partial charge on any atom is -0.463 e. The molecule has 0 aromatic heterocycles. The van der Waals surface area contributed by atoms with Gasteiger partial charge in [-0.15, -0.1) is 0 Å². The molecular weight excluding hydrogens is 252 g/mol. The zero-order valence-electron chi connectivity index (χ0n) is 12.3. The van der Waals surface area contributed by atoms with Gasteiger partial charge >= 0.3 is 5.97 Å². The summed E-state index contributed by atoms with van der Waals surface area (Å²) in [5, 5.41) is 0. The monoisotopic (exact) mass is 276 g/mol. The summed E-state index contributed by atoms with van der Waals surface area (Å²) in [5.74, 6) is -0.126. The Balaban J connectivity index is 1.66. The first-order valence-corrected chi connectivity index (χ1v) is 7.63. The van der Waals surface area contributed by atoms with Gasteiger partial charge in [0.25, 0.3) is 0 Å². The molecule has 1 aromatic rings. The van der Waals surface area contributed by atoms with Gasteiger partial charge < -0.3 is 9.47 Å². The lowest BCUT2D eigenvalue weighted by atomic mass is 10.1. The van der Waals surface area contributed by atoms with E-state index >= 15 is 0 Å². The molecule has 1 aliphatic heterocycles. The Morgan fingerprint density at radius 3 is 2.65 bits per heavy atom. The van der Waals surface area contributed by atoms with Crippen molar-refractivity contribution in [1.29, 1.82) is 0 Å². The number of esters is 1. The molecule has 0 spiro atoms. The second-order valence-electron chi connectivity index (χ2n) is 5.34. The number of carbonyl (C=O) groups excluding carboxylic acids is 1. The lowest BCUT2D eigenvalue weighted by Gasteiger charge is -2.22. The smallest absolute Gasteiger partial charge is 0.306 e. The molecule has 3 nitrogen and oxygen atoms in total. The van der Waals surface area contributed by atoms with Crippen molar-refractivity contribution in [2.24, 2.45) is 0 Å². The zero-order chi connectivity index (χ0) is 14.2. The van der Waals surface area contributed by atoms with Gasteiger partial charge in [0.05, 0.1) is 6.10 Å². The van der Waals surface area contributed by atoms with E-state index in [1.165, 1.54) is 17.5 Å². The molecule has 0 radical (unpaired) electrons. The van der Waals surface area contributed by atoms with Gasteiger partial charge in [-0.05, 0) is 43.2 Å². The summed E-state index contributed by atoms with van der Waals surface area (Å²) in [6, 6.07) is 8.43. The minimum atomic E-state index is -0.126. The highest BCUT2D eigenvalue weighted by molar-refractivity contribution is 5.69. The van der Waals surface area contributed by atoms with E-state index in [9.17, 15) is 4.79 Å². The molecule has 0 aliphatic carbocycles. The summed E-state index contributed by atoms with van der Waals surface area (Å²) in [6.07, 6.45) is 5.64. The van der Waals surface area contributed by atoms with E-state index in [1.807, 2.05) is 0 Å². The molecule has 1 heterocycles. The number of aryl methyl sites for hydroxylation is 2. The summed E-state index contributed by atoms with van der Waals surface area (Å²) in [5.41, 5.74) is 2.51. The van der Waals surface area contributed by atoms with E-state index in [0.717, 1.165) is 32.3 Å². The van der Waals surface area contributed by atoms with E-state index < -0.39 is 0 Å². The van der Waals surface area contributed by atoms with Crippen molar-refractivity contribution < 1.29 is 14.3 Å². The molecule has 1 fully saturated rings. The standard InChI is InChI=1S/C17H24O3/c1-2-14-6-8-15(9-7-14)10-11-17(18)20-13-16-5-3-4-12-19-16/h6-9,16H,2-5,10-13H2,1H3. The molecule has 0 amide bonds. The summed E-state index contributed by atoms with van der Waals surface area (Å²) < 4.78 is 10.8. The molecule has 1 atom stereocenters. The van der Waals surface area contributed by atoms with Crippen molar-refractivity contribution in [1.82, 2.24) is 0 Å². The van der Waals surface area contributed by atoms with E-state index in [4.69, 9.17) is 9.47 Å². The Kier molecular flexibility index (Phi) is 6.06. The Morgan fingerprint density at radius 1 is 1.25 bits per heavy atom. The van der Waals surface area contributed by atoms with E-state index in [-0.39, 0.29) is 12.1 Å². The van der Waals surface area contributed by atoms with Gasteiger partial charge in [-0.2, -0.15) is 0 Å². The van der Waals surface area contributed by atoms with Gasteiger partial charge in [-0.25, -0.2) is 0 Å². The molecule has 1 saturated heterocycles. The zero-order valence-corrected chi connectivity index (χ0v) is 12.3. The minimum absolute atomic E-state index is 0.108. The number of ether oxygens (including phenoxy) is 2. The van der Waals surface area contributed by atoms with Gasteiger partial charge in [-0.1, -0.05) is 31.2 Å². The third-order valence-corrected chi connectivity index (χ3v) is 3.75. The highest BCUT2D eigenvalue weighted by Gasteiger charge is 2.15. The van der Waals surface area contributed by atoms with Crippen LogP contribution in [0.2, 0.25) is 0 Å². The molecule has 0 bridgehead atoms. The number of hydrogen-bond acceptors (Lipinski definition) is 3. The van der Waals surface area contributed by atoms with Crippen molar-refractivity contribution >= 4 is 5.97 Å². The Labute approximate surface area is 121 Å². The second-order valence-corrected chi connectivity index (χ2v) is 5.34. The van der Waals surface area contributed by atoms with Crippen molar-refractivity contribution in [3.8, 4) is 0 Å². The van der Waals surface area contributed by atoms with Crippen LogP contribution >= 0.6 is 0 Å². The Morgan fingerprint density at radius 2 is 2.00 bits per heavy atom. The van der Waals surface area contributed by atoms with Crippen LogP contribution in [0.15, 0.2) is 24.3 Å². The first kappa shape index (κ1) is 15.0. The SMILES string of the molecule is CCc1ccc(CCC(=O)OCC2CCCCO2)cc1. The lowest BCUT2D eigenvalue weighted by molar-refractivity contribution is -0.149. The van der Waals surface area contributed by atoms with Crippen molar-refractivity contribution in [2.75, 3.05) is 13.2 Å². The molecular formula is C17H24O3. The molecule has 1 aliphatic rings. The van der Waals surface area contributed by atoms with Crippen LogP contribution in [0.1, 0.15) is 43.7 Å². The van der Waals surface area contributed by atoms with Crippen LogP contribution in [0.25, 0.3) is 0 Å². The highest BCUT2D eigenvalue weighted by atomic mass is 16.6. The first-order valence-electron chi connectivity index (χ1n) is 7.63. The molecule has 3 heteroatoms. The fourth-order valence-electron chi connectivity index (χ4n) is 2.38. The highest BCUT2D eigenvalue weighted by Crippen LogP contribution is 2.13. The van der Waals surface area contributed by atoms with Crippen molar-refractivity contribution in [2.45, 2.75) is 51.6 Å². The van der Waals surface area contributed by atoms with Crippen LogP contribution in [0.5, 0.6) is 0 Å². The fraction of sp³-hybridized carbons (Fsp3) is 0.588. The topological polar surface area (TPSA) is 35.5 Å². The van der Waals surface area contributed by atoms with Gasteiger partial charge in [0.2, 0.25) is 0 Å². The largest absolute Gasteiger partial charge is 0.463 e. The van der Waals surface area contributed by atoms with Crippen LogP contribution in [0, 0.1) is 0 Å². The lowest BCUT2D eigenvalue weighted by Crippen LogP contribution is -2.26. The summed E-state index contributed by atoms with van der Waals surface area (Å²) in [6.45, 7) is 3.35. The maximum atomic E-state index is 11.7. The van der Waals surface area contributed by atoms with Crippen LogP contribution in [0.3, 0.4) is 0 Å². The molecule has 1 unspecified atom stereocenters. The fourth-order valence-corrected chi connectivity index (χ4v) is 2.38. The molecule has 110 valence electrons. The van der Waals surface area contributed by atoms with Crippen LogP contribution in [0.4, 0.5) is 0 Å². The number of rotatable bonds is 6. The molecule has 0 saturated carbocycles. The molecule has 2 rings (SSSR count). The Bertz CT molecular complexity index is 405. The summed E-state index contributed by atoms with van der Waals surface area (Å²) in [7, 11) is 0. The number of carbonyl (C=O) groups is 1. The maximum Gasteiger partial charge on any atom is 0.306 e. The second kappa shape index (κ2) is 8.05. The van der Waals surface area contributed by atoms with Gasteiger partial charge in [0.15, 0.2) is 0 Å². The van der Waals surface area contributed by atoms with Crippen LogP contribution < -0.4 is 0 Å². The van der Waals surface area contributed by atoms with Gasteiger partial charge in [0, 0.05) is 13.0 Å². The van der Waals surface area contributed by atoms with Crippen molar-refractivity contribution in [3.63, 3.8) is 0 Å². The predicted molar refractivity (Wildman–Crippen MR) is 78.7 cm³/mol. The summed E-state index contributed by atoms with van der Waals surface area (Å²) >= 11 is 0.